The zero-order chi connectivity index (χ0) is 13.1. The van der Waals surface area contributed by atoms with E-state index in [4.69, 9.17) is 9.84 Å². The van der Waals surface area contributed by atoms with Crippen molar-refractivity contribution in [3.05, 3.63) is 29.8 Å². The van der Waals surface area contributed by atoms with Gasteiger partial charge in [-0.15, -0.1) is 0 Å². The largest absolute Gasteiger partial charge is 0.497 e. The highest BCUT2D eigenvalue weighted by atomic mass is 16.5. The van der Waals surface area contributed by atoms with Crippen LogP contribution in [0.25, 0.3) is 0 Å². The summed E-state index contributed by atoms with van der Waals surface area (Å²) in [6.45, 7) is 0.513. The van der Waals surface area contributed by atoms with Gasteiger partial charge in [0.1, 0.15) is 11.7 Å². The van der Waals surface area contributed by atoms with Gasteiger partial charge in [0.25, 0.3) is 0 Å². The summed E-state index contributed by atoms with van der Waals surface area (Å²) in [5.74, 6) is -2.05. The van der Waals surface area contributed by atoms with Crippen LogP contribution in [0.5, 0.6) is 5.75 Å². The number of benzene rings is 1. The van der Waals surface area contributed by atoms with Crippen molar-refractivity contribution < 1.29 is 19.4 Å². The Kier molecular flexibility index (Phi) is 3.50. The third-order valence-corrected chi connectivity index (χ3v) is 3.25. The predicted octanol–water partition coefficient (Wildman–Crippen LogP) is 0.999. The predicted molar refractivity (Wildman–Crippen MR) is 64.5 cm³/mol. The van der Waals surface area contributed by atoms with E-state index in [1.54, 1.807) is 19.2 Å². The quantitative estimate of drug-likeness (QED) is 0.784. The lowest BCUT2D eigenvalue weighted by Gasteiger charge is -2.28. The lowest BCUT2D eigenvalue weighted by Crippen LogP contribution is -2.44. The van der Waals surface area contributed by atoms with Crippen LogP contribution in [0.3, 0.4) is 0 Å². The number of carboxylic acid groups (broad SMARTS) is 1. The zero-order valence-corrected chi connectivity index (χ0v) is 10.1. The highest BCUT2D eigenvalue weighted by molar-refractivity contribution is 5.98. The number of ether oxygens (including phenoxy) is 1. The molecule has 0 aliphatic carbocycles. The topological polar surface area (TPSA) is 75.6 Å². The summed E-state index contributed by atoms with van der Waals surface area (Å²) < 4.78 is 5.06. The number of amides is 1. The molecule has 1 amide bonds. The molecule has 2 N–H and O–H groups in total. The first-order valence-corrected chi connectivity index (χ1v) is 5.78. The van der Waals surface area contributed by atoms with Crippen molar-refractivity contribution in [2.24, 2.45) is 5.92 Å². The Balaban J connectivity index is 2.28. The van der Waals surface area contributed by atoms with Crippen LogP contribution in [0.4, 0.5) is 0 Å². The Morgan fingerprint density at radius 3 is 2.61 bits per heavy atom. The van der Waals surface area contributed by atoms with Crippen molar-refractivity contribution in [1.82, 2.24) is 5.32 Å². The van der Waals surface area contributed by atoms with E-state index in [1.807, 2.05) is 12.1 Å². The first-order valence-electron chi connectivity index (χ1n) is 5.78. The highest BCUT2D eigenvalue weighted by Crippen LogP contribution is 2.32. The number of hydrogen-bond donors (Lipinski definition) is 2. The molecule has 1 aliphatic heterocycles. The maximum Gasteiger partial charge on any atom is 0.316 e. The SMILES string of the molecule is COc1ccc(C2CCNC(=O)C2C(=O)O)cc1. The smallest absolute Gasteiger partial charge is 0.316 e. The second-order valence-electron chi connectivity index (χ2n) is 4.28. The molecule has 1 fully saturated rings. The van der Waals surface area contributed by atoms with Crippen molar-refractivity contribution >= 4 is 11.9 Å². The molecule has 96 valence electrons. The molecule has 1 aliphatic rings. The van der Waals surface area contributed by atoms with Crippen molar-refractivity contribution in [2.75, 3.05) is 13.7 Å². The van der Waals surface area contributed by atoms with Gasteiger partial charge in [0.15, 0.2) is 0 Å². The number of hydrogen-bond acceptors (Lipinski definition) is 3. The summed E-state index contributed by atoms with van der Waals surface area (Å²) in [7, 11) is 1.57. The molecule has 1 saturated heterocycles. The third kappa shape index (κ3) is 2.30. The van der Waals surface area contributed by atoms with Crippen LogP contribution >= 0.6 is 0 Å². The van der Waals surface area contributed by atoms with Crippen LogP contribution in [0, 0.1) is 5.92 Å². The summed E-state index contributed by atoms with van der Waals surface area (Å²) in [4.78, 5) is 22.8. The van der Waals surface area contributed by atoms with Gasteiger partial charge in [-0.2, -0.15) is 0 Å². The molecule has 0 bridgehead atoms. The van der Waals surface area contributed by atoms with Gasteiger partial charge in [0, 0.05) is 12.5 Å². The van der Waals surface area contributed by atoms with Crippen LogP contribution in [0.2, 0.25) is 0 Å². The molecule has 2 atom stereocenters. The molecule has 5 heteroatoms. The molecule has 1 aromatic rings. The van der Waals surface area contributed by atoms with Crippen LogP contribution in [-0.2, 0) is 9.59 Å². The molecule has 18 heavy (non-hydrogen) atoms. The van der Waals surface area contributed by atoms with Crippen LogP contribution in [0.15, 0.2) is 24.3 Å². The van der Waals surface area contributed by atoms with Crippen molar-refractivity contribution in [1.29, 1.82) is 0 Å². The van der Waals surface area contributed by atoms with Gasteiger partial charge in [-0.1, -0.05) is 12.1 Å². The van der Waals surface area contributed by atoms with Gasteiger partial charge in [-0.25, -0.2) is 0 Å². The second kappa shape index (κ2) is 5.08. The van der Waals surface area contributed by atoms with Gasteiger partial charge >= 0.3 is 5.97 Å². The van der Waals surface area contributed by atoms with E-state index < -0.39 is 17.8 Å². The van der Waals surface area contributed by atoms with E-state index in [9.17, 15) is 9.59 Å². The van der Waals surface area contributed by atoms with Crippen molar-refractivity contribution in [3.8, 4) is 5.75 Å². The lowest BCUT2D eigenvalue weighted by atomic mass is 9.80. The number of carbonyl (C=O) groups excluding carboxylic acids is 1. The normalized spacial score (nSPS) is 23.3. The first-order chi connectivity index (χ1) is 8.63. The number of piperidine rings is 1. The lowest BCUT2D eigenvalue weighted by molar-refractivity contribution is -0.149. The van der Waals surface area contributed by atoms with Crippen molar-refractivity contribution in [2.45, 2.75) is 12.3 Å². The Morgan fingerprint density at radius 1 is 1.39 bits per heavy atom. The van der Waals surface area contributed by atoms with E-state index in [2.05, 4.69) is 5.32 Å². The van der Waals surface area contributed by atoms with E-state index >= 15 is 0 Å². The molecule has 2 unspecified atom stereocenters. The fourth-order valence-electron chi connectivity index (χ4n) is 2.30. The van der Waals surface area contributed by atoms with E-state index in [0.717, 1.165) is 5.56 Å². The summed E-state index contributed by atoms with van der Waals surface area (Å²) in [5.41, 5.74) is 0.859. The molecule has 0 radical (unpaired) electrons. The van der Waals surface area contributed by atoms with E-state index in [1.165, 1.54) is 0 Å². The zero-order valence-electron chi connectivity index (χ0n) is 10.1. The minimum atomic E-state index is -1.08. The summed E-state index contributed by atoms with van der Waals surface area (Å²) in [6, 6.07) is 7.19. The van der Waals surface area contributed by atoms with Gasteiger partial charge in [-0.05, 0) is 24.1 Å². The molecular weight excluding hydrogens is 234 g/mol. The van der Waals surface area contributed by atoms with Crippen LogP contribution < -0.4 is 10.1 Å². The third-order valence-electron chi connectivity index (χ3n) is 3.25. The molecule has 2 rings (SSSR count). The Morgan fingerprint density at radius 2 is 2.06 bits per heavy atom. The van der Waals surface area contributed by atoms with Gasteiger partial charge < -0.3 is 15.2 Å². The minimum Gasteiger partial charge on any atom is -0.497 e. The average molecular weight is 249 g/mol. The minimum absolute atomic E-state index is 0.276. The van der Waals surface area contributed by atoms with E-state index in [-0.39, 0.29) is 5.92 Å². The molecule has 0 aromatic heterocycles. The number of rotatable bonds is 3. The maximum atomic E-state index is 11.6. The second-order valence-corrected chi connectivity index (χ2v) is 4.28. The van der Waals surface area contributed by atoms with Crippen LogP contribution in [0.1, 0.15) is 17.9 Å². The Bertz CT molecular complexity index is 455. The van der Waals surface area contributed by atoms with E-state index in [0.29, 0.717) is 18.7 Å². The molecule has 5 nitrogen and oxygen atoms in total. The molecule has 0 spiro atoms. The van der Waals surface area contributed by atoms with Gasteiger partial charge in [0.2, 0.25) is 5.91 Å². The van der Waals surface area contributed by atoms with Crippen LogP contribution in [-0.4, -0.2) is 30.6 Å². The summed E-state index contributed by atoms with van der Waals surface area (Å²) >= 11 is 0. The Labute approximate surface area is 105 Å². The Hall–Kier alpha value is -2.04. The molecule has 1 heterocycles. The fraction of sp³-hybridized carbons (Fsp3) is 0.385. The monoisotopic (exact) mass is 249 g/mol. The highest BCUT2D eigenvalue weighted by Gasteiger charge is 2.38. The number of carbonyl (C=O) groups is 2. The molecule has 0 saturated carbocycles. The number of methoxy groups -OCH3 is 1. The van der Waals surface area contributed by atoms with Gasteiger partial charge in [0.05, 0.1) is 7.11 Å². The standard InChI is InChI=1S/C13H15NO4/c1-18-9-4-2-8(3-5-9)10-6-7-14-12(15)11(10)13(16)17/h2-5,10-11H,6-7H2,1H3,(H,14,15)(H,16,17). The average Bonchev–Trinajstić information content (AvgIpc) is 2.38. The maximum absolute atomic E-state index is 11.6. The summed E-state index contributed by atoms with van der Waals surface area (Å²) in [5, 5.41) is 11.7. The number of carboxylic acids is 1. The molecule has 1 aromatic carbocycles. The summed E-state index contributed by atoms with van der Waals surface area (Å²) in [6.07, 6.45) is 0.634. The van der Waals surface area contributed by atoms with Gasteiger partial charge in [-0.3, -0.25) is 9.59 Å². The fourth-order valence-corrected chi connectivity index (χ4v) is 2.30. The number of nitrogens with one attached hydrogen (secondary N) is 1. The van der Waals surface area contributed by atoms with Crippen molar-refractivity contribution in [3.63, 3.8) is 0 Å². The number of aliphatic carboxylic acids is 1. The first kappa shape index (κ1) is 12.4. The molecular formula is C13H15NO4.